The Balaban J connectivity index is 1.93. The van der Waals surface area contributed by atoms with Crippen LogP contribution in [0.15, 0.2) is 0 Å². The summed E-state index contributed by atoms with van der Waals surface area (Å²) in [5.74, 6) is 2.15. The highest BCUT2D eigenvalue weighted by Crippen LogP contribution is 2.21. The molecule has 0 aliphatic carbocycles. The number of nitrogens with zero attached hydrogens (tertiary/aromatic N) is 4. The fourth-order valence-corrected chi connectivity index (χ4v) is 2.91. The van der Waals surface area contributed by atoms with Crippen molar-refractivity contribution in [3.05, 3.63) is 17.1 Å². The van der Waals surface area contributed by atoms with Gasteiger partial charge in [-0.25, -0.2) is 9.97 Å². The summed E-state index contributed by atoms with van der Waals surface area (Å²) < 4.78 is 0. The van der Waals surface area contributed by atoms with E-state index in [1.54, 1.807) is 0 Å². The van der Waals surface area contributed by atoms with Gasteiger partial charge in [0.2, 0.25) is 5.91 Å². The summed E-state index contributed by atoms with van der Waals surface area (Å²) in [4.78, 5) is 25.5. The number of amides is 1. The van der Waals surface area contributed by atoms with Crippen LogP contribution in [0, 0.1) is 20.8 Å². The molecule has 1 fully saturated rings. The quantitative estimate of drug-likeness (QED) is 0.785. The summed E-state index contributed by atoms with van der Waals surface area (Å²) in [6.45, 7) is 11.5. The Bertz CT molecular complexity index is 522. The third kappa shape index (κ3) is 3.96. The van der Waals surface area contributed by atoms with E-state index in [9.17, 15) is 4.79 Å². The van der Waals surface area contributed by atoms with Crippen LogP contribution >= 0.6 is 0 Å². The molecule has 2 rings (SSSR count). The monoisotopic (exact) mass is 304 g/mol. The van der Waals surface area contributed by atoms with Crippen LogP contribution in [0.5, 0.6) is 0 Å². The van der Waals surface area contributed by atoms with E-state index >= 15 is 0 Å². The van der Waals surface area contributed by atoms with Gasteiger partial charge in [0.1, 0.15) is 11.6 Å². The summed E-state index contributed by atoms with van der Waals surface area (Å²) in [5, 5.41) is 0. The summed E-state index contributed by atoms with van der Waals surface area (Å²) in [7, 11) is 0. The molecule has 0 N–H and O–H groups in total. The largest absolute Gasteiger partial charge is 0.353 e. The van der Waals surface area contributed by atoms with Gasteiger partial charge in [-0.2, -0.15) is 0 Å². The van der Waals surface area contributed by atoms with Gasteiger partial charge in [0.25, 0.3) is 0 Å². The van der Waals surface area contributed by atoms with Gasteiger partial charge in [0.15, 0.2) is 0 Å². The highest BCUT2D eigenvalue weighted by Gasteiger charge is 2.23. The number of carbonyl (C=O) groups excluding carboxylic acids is 1. The molecule has 1 aromatic rings. The fraction of sp³-hybridized carbons (Fsp3) is 0.706. The molecule has 0 bridgehead atoms. The van der Waals surface area contributed by atoms with Crippen molar-refractivity contribution < 1.29 is 4.79 Å². The Kier molecular flexibility index (Phi) is 5.75. The van der Waals surface area contributed by atoms with Crippen molar-refractivity contribution >= 4 is 11.7 Å². The molecule has 5 heteroatoms. The van der Waals surface area contributed by atoms with Crippen molar-refractivity contribution in [1.29, 1.82) is 0 Å². The predicted octanol–water partition coefficient (Wildman–Crippen LogP) is 2.63. The summed E-state index contributed by atoms with van der Waals surface area (Å²) in [5.41, 5.74) is 2.19. The van der Waals surface area contributed by atoms with Crippen LogP contribution in [0.1, 0.15) is 49.7 Å². The van der Waals surface area contributed by atoms with Crippen LogP contribution < -0.4 is 4.90 Å². The van der Waals surface area contributed by atoms with E-state index < -0.39 is 0 Å². The van der Waals surface area contributed by atoms with E-state index in [0.717, 1.165) is 68.3 Å². The predicted molar refractivity (Wildman–Crippen MR) is 89.2 cm³/mol. The molecule has 0 radical (unpaired) electrons. The third-order valence-electron chi connectivity index (χ3n) is 4.40. The Labute approximate surface area is 133 Å². The number of piperazine rings is 1. The SMILES string of the molecule is CCCCCC(=O)N1CCN(c2nc(C)nc(C)c2C)CC1. The van der Waals surface area contributed by atoms with Crippen LogP contribution in [0.4, 0.5) is 5.82 Å². The maximum atomic E-state index is 12.2. The van der Waals surface area contributed by atoms with Crippen LogP contribution in [-0.4, -0.2) is 47.0 Å². The molecule has 1 saturated heterocycles. The van der Waals surface area contributed by atoms with Crippen molar-refractivity contribution in [1.82, 2.24) is 14.9 Å². The van der Waals surface area contributed by atoms with Gasteiger partial charge in [-0.1, -0.05) is 19.8 Å². The first-order valence-corrected chi connectivity index (χ1v) is 8.37. The molecule has 2 heterocycles. The smallest absolute Gasteiger partial charge is 0.222 e. The molecular formula is C17H28N4O. The molecule has 122 valence electrons. The van der Waals surface area contributed by atoms with Crippen LogP contribution in [0.3, 0.4) is 0 Å². The topological polar surface area (TPSA) is 49.3 Å². The Hall–Kier alpha value is -1.65. The van der Waals surface area contributed by atoms with Crippen molar-refractivity contribution in [2.45, 2.75) is 53.4 Å². The molecule has 1 amide bonds. The van der Waals surface area contributed by atoms with Gasteiger partial charge in [0, 0.05) is 43.9 Å². The zero-order valence-electron chi connectivity index (χ0n) is 14.4. The average molecular weight is 304 g/mol. The molecule has 0 saturated carbocycles. The van der Waals surface area contributed by atoms with E-state index in [4.69, 9.17) is 0 Å². The second-order valence-corrected chi connectivity index (χ2v) is 6.13. The van der Waals surface area contributed by atoms with E-state index in [0.29, 0.717) is 12.3 Å². The van der Waals surface area contributed by atoms with Crippen molar-refractivity contribution in [2.24, 2.45) is 0 Å². The molecule has 0 atom stereocenters. The number of aryl methyl sites for hydroxylation is 2. The first kappa shape index (κ1) is 16.7. The van der Waals surface area contributed by atoms with Crippen LogP contribution in [0.25, 0.3) is 0 Å². The lowest BCUT2D eigenvalue weighted by Crippen LogP contribution is -2.49. The average Bonchev–Trinajstić information content (AvgIpc) is 2.51. The number of anilines is 1. The van der Waals surface area contributed by atoms with Gasteiger partial charge < -0.3 is 9.80 Å². The van der Waals surface area contributed by atoms with Crippen LogP contribution in [0.2, 0.25) is 0 Å². The van der Waals surface area contributed by atoms with Gasteiger partial charge in [-0.05, 0) is 27.2 Å². The summed E-state index contributed by atoms with van der Waals surface area (Å²) in [6.07, 6.45) is 4.01. The molecule has 1 aromatic heterocycles. The summed E-state index contributed by atoms with van der Waals surface area (Å²) in [6, 6.07) is 0. The fourth-order valence-electron chi connectivity index (χ4n) is 2.91. The number of aromatic nitrogens is 2. The lowest BCUT2D eigenvalue weighted by molar-refractivity contribution is -0.131. The maximum Gasteiger partial charge on any atom is 0.222 e. The Morgan fingerprint density at radius 3 is 2.36 bits per heavy atom. The second-order valence-electron chi connectivity index (χ2n) is 6.13. The lowest BCUT2D eigenvalue weighted by atomic mass is 10.1. The minimum Gasteiger partial charge on any atom is -0.353 e. The van der Waals surface area contributed by atoms with E-state index in [-0.39, 0.29) is 0 Å². The molecule has 0 unspecified atom stereocenters. The van der Waals surface area contributed by atoms with Crippen molar-refractivity contribution in [3.8, 4) is 0 Å². The molecule has 22 heavy (non-hydrogen) atoms. The Morgan fingerprint density at radius 2 is 1.73 bits per heavy atom. The normalized spacial score (nSPS) is 15.3. The number of carbonyl (C=O) groups is 1. The first-order chi connectivity index (χ1) is 10.5. The number of hydrogen-bond acceptors (Lipinski definition) is 4. The zero-order valence-corrected chi connectivity index (χ0v) is 14.4. The van der Waals surface area contributed by atoms with E-state index in [1.807, 2.05) is 18.7 Å². The van der Waals surface area contributed by atoms with Gasteiger partial charge >= 0.3 is 0 Å². The maximum absolute atomic E-state index is 12.2. The highest BCUT2D eigenvalue weighted by atomic mass is 16.2. The minimum atomic E-state index is 0.305. The van der Waals surface area contributed by atoms with Crippen molar-refractivity contribution in [2.75, 3.05) is 31.1 Å². The highest BCUT2D eigenvalue weighted by molar-refractivity contribution is 5.76. The Morgan fingerprint density at radius 1 is 1.05 bits per heavy atom. The summed E-state index contributed by atoms with van der Waals surface area (Å²) >= 11 is 0. The third-order valence-corrected chi connectivity index (χ3v) is 4.40. The molecule has 1 aliphatic heterocycles. The van der Waals surface area contributed by atoms with E-state index in [1.165, 1.54) is 0 Å². The minimum absolute atomic E-state index is 0.305. The number of rotatable bonds is 5. The molecule has 1 aliphatic rings. The lowest BCUT2D eigenvalue weighted by Gasteiger charge is -2.36. The van der Waals surface area contributed by atoms with Gasteiger partial charge in [0.05, 0.1) is 0 Å². The van der Waals surface area contributed by atoms with E-state index in [2.05, 4.69) is 28.7 Å². The van der Waals surface area contributed by atoms with Gasteiger partial charge in [-0.15, -0.1) is 0 Å². The standard InChI is InChI=1S/C17H28N4O/c1-5-6-7-8-16(22)20-9-11-21(12-10-20)17-13(2)14(3)18-15(4)19-17/h5-12H2,1-4H3. The number of unbranched alkanes of at least 4 members (excludes halogenated alkanes) is 2. The van der Waals surface area contributed by atoms with Gasteiger partial charge in [-0.3, -0.25) is 4.79 Å². The second kappa shape index (κ2) is 7.56. The molecule has 5 nitrogen and oxygen atoms in total. The first-order valence-electron chi connectivity index (χ1n) is 8.37. The number of hydrogen-bond donors (Lipinski definition) is 0. The molecular weight excluding hydrogens is 276 g/mol. The molecule has 0 aromatic carbocycles. The molecule has 0 spiro atoms. The van der Waals surface area contributed by atoms with Crippen molar-refractivity contribution in [3.63, 3.8) is 0 Å². The zero-order chi connectivity index (χ0) is 16.1. The van der Waals surface area contributed by atoms with Crippen LogP contribution in [-0.2, 0) is 4.79 Å².